The number of hydrogen-bond acceptors (Lipinski definition) is 7. The number of ether oxygens (including phenoxy) is 2. The molecule has 1 amide bonds. The highest BCUT2D eigenvalue weighted by Crippen LogP contribution is 2.45. The van der Waals surface area contributed by atoms with E-state index in [2.05, 4.69) is 10.3 Å². The summed E-state index contributed by atoms with van der Waals surface area (Å²) in [6, 6.07) is 15.0. The molecule has 0 radical (unpaired) electrons. The van der Waals surface area contributed by atoms with Gasteiger partial charge >= 0.3 is 5.97 Å². The molecule has 188 valence electrons. The van der Waals surface area contributed by atoms with Crippen molar-refractivity contribution in [2.24, 2.45) is 4.99 Å². The fourth-order valence-electron chi connectivity index (χ4n) is 4.20. The van der Waals surface area contributed by atoms with Gasteiger partial charge in [0.1, 0.15) is 12.4 Å². The number of hydrogen-bond donors (Lipinski definition) is 1. The van der Waals surface area contributed by atoms with Crippen LogP contribution < -0.4 is 5.32 Å². The zero-order valence-electron chi connectivity index (χ0n) is 20.4. The SMILES string of the molecule is COCCOC(=O)C1=C(C)N=C2SC=C(CC(=O)N[C@@H](C)c3ccccc3)N2[C@H]1c1ccccc1F. The minimum absolute atomic E-state index is 0.0409. The number of rotatable bonds is 9. The number of thioether (sulfide) groups is 1. The molecule has 1 N–H and O–H groups in total. The number of nitrogens with one attached hydrogen (secondary N) is 1. The summed E-state index contributed by atoms with van der Waals surface area (Å²) in [5.74, 6) is -1.25. The largest absolute Gasteiger partial charge is 0.460 e. The van der Waals surface area contributed by atoms with E-state index in [1.165, 1.54) is 24.9 Å². The Morgan fingerprint density at radius 3 is 2.58 bits per heavy atom. The lowest BCUT2D eigenvalue weighted by molar-refractivity contribution is -0.141. The molecule has 7 nitrogen and oxygen atoms in total. The highest BCUT2D eigenvalue weighted by molar-refractivity contribution is 8.16. The number of esters is 1. The smallest absolute Gasteiger partial charge is 0.338 e. The van der Waals surface area contributed by atoms with Crippen molar-refractivity contribution >= 4 is 28.8 Å². The molecule has 4 rings (SSSR count). The fourth-order valence-corrected chi connectivity index (χ4v) is 5.16. The summed E-state index contributed by atoms with van der Waals surface area (Å²) in [7, 11) is 1.51. The summed E-state index contributed by atoms with van der Waals surface area (Å²) in [6.45, 7) is 3.92. The number of amidine groups is 1. The molecule has 0 saturated heterocycles. The first kappa shape index (κ1) is 25.7. The minimum Gasteiger partial charge on any atom is -0.460 e. The molecule has 0 bridgehead atoms. The molecule has 0 spiro atoms. The average Bonchev–Trinajstić information content (AvgIpc) is 3.25. The van der Waals surface area contributed by atoms with Crippen LogP contribution >= 0.6 is 11.8 Å². The lowest BCUT2D eigenvalue weighted by Gasteiger charge is -2.36. The predicted molar refractivity (Wildman–Crippen MR) is 137 cm³/mol. The first-order valence-corrected chi connectivity index (χ1v) is 12.5. The second-order valence-electron chi connectivity index (χ2n) is 8.42. The Labute approximate surface area is 214 Å². The second kappa shape index (κ2) is 11.5. The number of methoxy groups -OCH3 is 1. The van der Waals surface area contributed by atoms with Gasteiger partial charge in [0, 0.05) is 18.4 Å². The van der Waals surface area contributed by atoms with Crippen LogP contribution in [0.2, 0.25) is 0 Å². The topological polar surface area (TPSA) is 80.2 Å². The normalized spacial score (nSPS) is 17.8. The fraction of sp³-hybridized carbons (Fsp3) is 0.296. The van der Waals surface area contributed by atoms with Crippen molar-refractivity contribution < 1.29 is 23.5 Å². The molecule has 0 saturated carbocycles. The van der Waals surface area contributed by atoms with Crippen molar-refractivity contribution in [1.82, 2.24) is 10.2 Å². The van der Waals surface area contributed by atoms with E-state index >= 15 is 4.39 Å². The standard InChI is InChI=1S/C27H28FN3O4S/c1-17(19-9-5-4-6-10-19)29-23(32)15-20-16-36-27-30-18(2)24(26(33)35-14-13-34-3)25(31(20)27)21-11-7-8-12-22(21)28/h4-12,16-17,25H,13-15H2,1-3H3,(H,29,32)/t17-,25-/m0/s1. The van der Waals surface area contributed by atoms with Crippen molar-refractivity contribution in [2.45, 2.75) is 32.4 Å². The number of allylic oxidation sites excluding steroid dienone is 1. The van der Waals surface area contributed by atoms with E-state index in [0.717, 1.165) is 5.56 Å². The van der Waals surface area contributed by atoms with Gasteiger partial charge in [-0.25, -0.2) is 14.2 Å². The summed E-state index contributed by atoms with van der Waals surface area (Å²) in [4.78, 5) is 32.5. The summed E-state index contributed by atoms with van der Waals surface area (Å²) >= 11 is 1.34. The van der Waals surface area contributed by atoms with Gasteiger partial charge in [0.15, 0.2) is 5.17 Å². The number of carbonyl (C=O) groups excluding carboxylic acids is 2. The third-order valence-electron chi connectivity index (χ3n) is 5.96. The third kappa shape index (κ3) is 5.52. The molecule has 36 heavy (non-hydrogen) atoms. The first-order valence-electron chi connectivity index (χ1n) is 11.6. The number of benzene rings is 2. The monoisotopic (exact) mass is 509 g/mol. The van der Waals surface area contributed by atoms with E-state index < -0.39 is 17.8 Å². The Balaban J connectivity index is 1.62. The Morgan fingerprint density at radius 2 is 1.86 bits per heavy atom. The quantitative estimate of drug-likeness (QED) is 0.384. The molecule has 0 fully saturated rings. The van der Waals surface area contributed by atoms with Crippen LogP contribution in [0, 0.1) is 5.82 Å². The molecule has 0 aliphatic carbocycles. The first-order chi connectivity index (χ1) is 17.4. The van der Waals surface area contributed by atoms with Gasteiger partial charge in [0.05, 0.1) is 36.4 Å². The molecule has 2 aromatic carbocycles. The molecule has 2 atom stereocenters. The number of nitrogens with zero attached hydrogens (tertiary/aromatic N) is 2. The van der Waals surface area contributed by atoms with Crippen LogP contribution in [-0.4, -0.2) is 42.3 Å². The zero-order chi connectivity index (χ0) is 25.7. The molecule has 2 aliphatic heterocycles. The third-order valence-corrected chi connectivity index (χ3v) is 6.85. The Morgan fingerprint density at radius 1 is 1.14 bits per heavy atom. The Kier molecular flexibility index (Phi) is 8.22. The van der Waals surface area contributed by atoms with Crippen molar-refractivity contribution in [1.29, 1.82) is 0 Å². The lowest BCUT2D eigenvalue weighted by Crippen LogP contribution is -2.38. The molecule has 0 unspecified atom stereocenters. The minimum atomic E-state index is -0.825. The van der Waals surface area contributed by atoms with Crippen LogP contribution in [0.5, 0.6) is 0 Å². The van der Waals surface area contributed by atoms with Crippen LogP contribution in [0.15, 0.2) is 82.0 Å². The molecular weight excluding hydrogens is 481 g/mol. The highest BCUT2D eigenvalue weighted by atomic mass is 32.2. The maximum Gasteiger partial charge on any atom is 0.338 e. The Hall–Kier alpha value is -3.43. The highest BCUT2D eigenvalue weighted by Gasteiger charge is 2.42. The molecule has 2 aromatic rings. The summed E-state index contributed by atoms with van der Waals surface area (Å²) in [5.41, 5.74) is 2.59. The molecular formula is C27H28FN3O4S. The maximum atomic E-state index is 15.1. The molecule has 0 aromatic heterocycles. The van der Waals surface area contributed by atoms with Gasteiger partial charge in [-0.3, -0.25) is 4.79 Å². The molecule has 2 aliphatic rings. The number of carbonyl (C=O) groups is 2. The van der Waals surface area contributed by atoms with E-state index in [-0.39, 0.29) is 37.2 Å². The van der Waals surface area contributed by atoms with E-state index in [0.29, 0.717) is 22.1 Å². The van der Waals surface area contributed by atoms with Crippen LogP contribution in [0.3, 0.4) is 0 Å². The summed E-state index contributed by atoms with van der Waals surface area (Å²) in [5, 5.41) is 5.42. The number of fused-ring (bicyclic) bond motifs is 1. The van der Waals surface area contributed by atoms with E-state index in [1.807, 2.05) is 42.7 Å². The summed E-state index contributed by atoms with van der Waals surface area (Å²) in [6.07, 6.45) is 0.0409. The van der Waals surface area contributed by atoms with Gasteiger partial charge in [-0.05, 0) is 30.9 Å². The van der Waals surface area contributed by atoms with Crippen LogP contribution in [0.25, 0.3) is 0 Å². The lowest BCUT2D eigenvalue weighted by atomic mass is 9.93. The van der Waals surface area contributed by atoms with Crippen molar-refractivity contribution in [3.05, 3.63) is 93.9 Å². The van der Waals surface area contributed by atoms with Gasteiger partial charge in [-0.2, -0.15) is 0 Å². The van der Waals surface area contributed by atoms with Gasteiger partial charge in [0.25, 0.3) is 0 Å². The van der Waals surface area contributed by atoms with Gasteiger partial charge in [-0.1, -0.05) is 60.3 Å². The van der Waals surface area contributed by atoms with Crippen LogP contribution in [0.1, 0.15) is 43.5 Å². The second-order valence-corrected chi connectivity index (χ2v) is 9.26. The number of halogens is 1. The number of aliphatic imine (C=N–C) groups is 1. The maximum absolute atomic E-state index is 15.1. The van der Waals surface area contributed by atoms with Crippen molar-refractivity contribution in [2.75, 3.05) is 20.3 Å². The van der Waals surface area contributed by atoms with Gasteiger partial charge in [0.2, 0.25) is 5.91 Å². The molecule has 9 heteroatoms. The van der Waals surface area contributed by atoms with Crippen molar-refractivity contribution in [3.63, 3.8) is 0 Å². The van der Waals surface area contributed by atoms with Crippen molar-refractivity contribution in [3.8, 4) is 0 Å². The predicted octanol–water partition coefficient (Wildman–Crippen LogP) is 4.86. The Bertz CT molecular complexity index is 1230. The van der Waals surface area contributed by atoms with E-state index in [1.54, 1.807) is 30.0 Å². The molecule has 2 heterocycles. The number of amides is 1. The van der Waals surface area contributed by atoms with Gasteiger partial charge < -0.3 is 19.7 Å². The van der Waals surface area contributed by atoms with Crippen LogP contribution in [-0.2, 0) is 19.1 Å². The van der Waals surface area contributed by atoms with Gasteiger partial charge in [-0.15, -0.1) is 0 Å². The summed E-state index contributed by atoms with van der Waals surface area (Å²) < 4.78 is 25.5. The van der Waals surface area contributed by atoms with E-state index in [4.69, 9.17) is 9.47 Å². The van der Waals surface area contributed by atoms with Crippen LogP contribution in [0.4, 0.5) is 4.39 Å². The van der Waals surface area contributed by atoms with E-state index in [9.17, 15) is 9.59 Å². The zero-order valence-corrected chi connectivity index (χ0v) is 21.2. The average molecular weight is 510 g/mol.